The summed E-state index contributed by atoms with van der Waals surface area (Å²) in [7, 11) is 0. The third-order valence-electron chi connectivity index (χ3n) is 4.26. The Morgan fingerprint density at radius 1 is 1.13 bits per heavy atom. The quantitative estimate of drug-likeness (QED) is 0.693. The van der Waals surface area contributed by atoms with E-state index in [1.54, 1.807) is 0 Å². The Hall–Kier alpha value is -2.21. The van der Waals surface area contributed by atoms with Crippen LogP contribution in [-0.4, -0.2) is 31.9 Å². The number of rotatable bonds is 2. The second kappa shape index (κ2) is 5.77. The summed E-state index contributed by atoms with van der Waals surface area (Å²) in [6.07, 6.45) is 3.83. The smallest absolute Gasteiger partial charge is 0.255 e. The van der Waals surface area contributed by atoms with E-state index < -0.39 is 0 Å². The molecule has 6 heteroatoms. The van der Waals surface area contributed by atoms with Gasteiger partial charge in [-0.1, -0.05) is 18.2 Å². The van der Waals surface area contributed by atoms with Crippen LogP contribution in [0.5, 0.6) is 0 Å². The van der Waals surface area contributed by atoms with Gasteiger partial charge in [-0.25, -0.2) is 0 Å². The largest absolute Gasteiger partial charge is 0.328 e. The van der Waals surface area contributed by atoms with Gasteiger partial charge in [0.1, 0.15) is 0 Å². The standard InChI is InChI=1S/C17H15BrN4O/c18-13-7-2-1-6-12(13)17(23)21-11-5-8-14(21)16-20-19-15-9-3-4-10-22(15)16/h1-4,6-7,9-10,14H,5,8,11H2/t14-/m0/s1. The summed E-state index contributed by atoms with van der Waals surface area (Å²) in [6, 6.07) is 13.3. The first-order valence-electron chi connectivity index (χ1n) is 7.61. The molecule has 3 aromatic rings. The van der Waals surface area contributed by atoms with Crippen LogP contribution in [0.3, 0.4) is 0 Å². The Labute approximate surface area is 142 Å². The van der Waals surface area contributed by atoms with E-state index in [9.17, 15) is 4.79 Å². The molecule has 0 saturated carbocycles. The van der Waals surface area contributed by atoms with E-state index in [0.717, 1.165) is 35.3 Å². The SMILES string of the molecule is O=C(c1ccccc1Br)N1CCC[C@H]1c1nnc2ccccn12. The van der Waals surface area contributed by atoms with Crippen LogP contribution in [0.25, 0.3) is 5.65 Å². The van der Waals surface area contributed by atoms with Gasteiger partial charge >= 0.3 is 0 Å². The summed E-state index contributed by atoms with van der Waals surface area (Å²) in [4.78, 5) is 14.9. The lowest BCUT2D eigenvalue weighted by Gasteiger charge is -2.24. The third kappa shape index (κ3) is 2.43. The molecule has 1 fully saturated rings. The average Bonchev–Trinajstić information content (AvgIpc) is 3.21. The summed E-state index contributed by atoms with van der Waals surface area (Å²) in [5.74, 6) is 0.867. The summed E-state index contributed by atoms with van der Waals surface area (Å²) >= 11 is 3.47. The number of benzene rings is 1. The number of amides is 1. The molecular formula is C17H15BrN4O. The summed E-state index contributed by atoms with van der Waals surface area (Å²) < 4.78 is 2.79. The molecule has 5 nitrogen and oxygen atoms in total. The van der Waals surface area contributed by atoms with Gasteiger partial charge in [0.2, 0.25) is 0 Å². The number of fused-ring (bicyclic) bond motifs is 1. The molecule has 4 rings (SSSR count). The van der Waals surface area contributed by atoms with Crippen LogP contribution < -0.4 is 0 Å². The first-order chi connectivity index (χ1) is 11.3. The molecule has 1 atom stereocenters. The molecule has 0 bridgehead atoms. The minimum absolute atomic E-state index is 0.0349. The zero-order chi connectivity index (χ0) is 15.8. The van der Waals surface area contributed by atoms with Crippen molar-refractivity contribution in [1.29, 1.82) is 0 Å². The van der Waals surface area contributed by atoms with Crippen LogP contribution in [0, 0.1) is 0 Å². The fourth-order valence-corrected chi connectivity index (χ4v) is 3.61. The molecule has 2 aromatic heterocycles. The number of pyridine rings is 1. The molecule has 0 radical (unpaired) electrons. The molecule has 0 aliphatic carbocycles. The third-order valence-corrected chi connectivity index (χ3v) is 4.95. The number of hydrogen-bond donors (Lipinski definition) is 0. The van der Waals surface area contributed by atoms with Gasteiger partial charge in [0.05, 0.1) is 11.6 Å². The lowest BCUT2D eigenvalue weighted by Crippen LogP contribution is -2.31. The highest BCUT2D eigenvalue weighted by molar-refractivity contribution is 9.10. The van der Waals surface area contributed by atoms with E-state index in [-0.39, 0.29) is 11.9 Å². The number of aromatic nitrogens is 3. The Kier molecular flexibility index (Phi) is 3.61. The maximum atomic E-state index is 12.9. The van der Waals surface area contributed by atoms with E-state index >= 15 is 0 Å². The maximum Gasteiger partial charge on any atom is 0.255 e. The molecule has 0 spiro atoms. The molecule has 1 aromatic carbocycles. The van der Waals surface area contributed by atoms with Crippen LogP contribution in [0.2, 0.25) is 0 Å². The molecular weight excluding hydrogens is 356 g/mol. The van der Waals surface area contributed by atoms with Crippen molar-refractivity contribution < 1.29 is 4.79 Å². The van der Waals surface area contributed by atoms with E-state index in [2.05, 4.69) is 26.1 Å². The van der Waals surface area contributed by atoms with E-state index in [1.807, 2.05) is 58.0 Å². The van der Waals surface area contributed by atoms with Crippen molar-refractivity contribution in [2.75, 3.05) is 6.54 Å². The van der Waals surface area contributed by atoms with Gasteiger partial charge in [0, 0.05) is 17.2 Å². The number of likely N-dealkylation sites (tertiary alicyclic amines) is 1. The van der Waals surface area contributed by atoms with Crippen molar-refractivity contribution in [2.45, 2.75) is 18.9 Å². The highest BCUT2D eigenvalue weighted by Gasteiger charge is 2.34. The van der Waals surface area contributed by atoms with E-state index in [0.29, 0.717) is 5.56 Å². The van der Waals surface area contributed by atoms with Gasteiger partial charge in [-0.2, -0.15) is 0 Å². The lowest BCUT2D eigenvalue weighted by molar-refractivity contribution is 0.0728. The number of nitrogens with zero attached hydrogens (tertiary/aromatic N) is 4. The highest BCUT2D eigenvalue weighted by atomic mass is 79.9. The molecule has 3 heterocycles. The molecule has 1 aliphatic heterocycles. The summed E-state index contributed by atoms with van der Waals surface area (Å²) in [5, 5.41) is 8.55. The monoisotopic (exact) mass is 370 g/mol. The minimum Gasteiger partial charge on any atom is -0.328 e. The van der Waals surface area contributed by atoms with E-state index in [4.69, 9.17) is 0 Å². The first kappa shape index (κ1) is 14.4. The number of halogens is 1. The fraction of sp³-hybridized carbons (Fsp3) is 0.235. The first-order valence-corrected chi connectivity index (χ1v) is 8.40. The summed E-state index contributed by atoms with van der Waals surface area (Å²) in [6.45, 7) is 0.743. The number of carbonyl (C=O) groups is 1. The van der Waals surface area contributed by atoms with E-state index in [1.165, 1.54) is 0 Å². The zero-order valence-corrected chi connectivity index (χ0v) is 14.0. The van der Waals surface area contributed by atoms with Crippen molar-refractivity contribution in [3.05, 3.63) is 64.5 Å². The molecule has 116 valence electrons. The number of hydrogen-bond acceptors (Lipinski definition) is 3. The average molecular weight is 371 g/mol. The fourth-order valence-electron chi connectivity index (χ4n) is 3.15. The molecule has 1 saturated heterocycles. The van der Waals surface area contributed by atoms with Crippen LogP contribution in [0.1, 0.15) is 35.1 Å². The normalized spacial score (nSPS) is 17.8. The Morgan fingerprint density at radius 3 is 2.83 bits per heavy atom. The van der Waals surface area contributed by atoms with Crippen molar-refractivity contribution in [3.8, 4) is 0 Å². The second-order valence-electron chi connectivity index (χ2n) is 5.62. The lowest BCUT2D eigenvalue weighted by atomic mass is 10.1. The summed E-state index contributed by atoms with van der Waals surface area (Å²) in [5.41, 5.74) is 1.50. The van der Waals surface area contributed by atoms with Crippen molar-refractivity contribution in [1.82, 2.24) is 19.5 Å². The van der Waals surface area contributed by atoms with Crippen LogP contribution >= 0.6 is 15.9 Å². The zero-order valence-electron chi connectivity index (χ0n) is 12.4. The highest BCUT2D eigenvalue weighted by Crippen LogP contribution is 2.33. The van der Waals surface area contributed by atoms with Gasteiger partial charge < -0.3 is 4.90 Å². The molecule has 1 aliphatic rings. The van der Waals surface area contributed by atoms with Gasteiger partial charge in [-0.3, -0.25) is 9.20 Å². The Balaban J connectivity index is 1.72. The van der Waals surface area contributed by atoms with Crippen LogP contribution in [-0.2, 0) is 0 Å². The van der Waals surface area contributed by atoms with Crippen molar-refractivity contribution in [3.63, 3.8) is 0 Å². The van der Waals surface area contributed by atoms with Crippen LogP contribution in [0.15, 0.2) is 53.1 Å². The minimum atomic E-state index is -0.0352. The molecule has 0 N–H and O–H groups in total. The molecule has 23 heavy (non-hydrogen) atoms. The van der Waals surface area contributed by atoms with Gasteiger partial charge in [0.15, 0.2) is 11.5 Å². The number of carbonyl (C=O) groups excluding carboxylic acids is 1. The van der Waals surface area contributed by atoms with Gasteiger partial charge in [-0.05, 0) is 53.0 Å². The molecule has 0 unspecified atom stereocenters. The predicted molar refractivity (Wildman–Crippen MR) is 90.1 cm³/mol. The van der Waals surface area contributed by atoms with Gasteiger partial charge in [0.25, 0.3) is 5.91 Å². The van der Waals surface area contributed by atoms with Gasteiger partial charge in [-0.15, -0.1) is 10.2 Å². The second-order valence-corrected chi connectivity index (χ2v) is 6.48. The Bertz CT molecular complexity index is 876. The predicted octanol–water partition coefficient (Wildman–Crippen LogP) is 3.47. The topological polar surface area (TPSA) is 50.5 Å². The van der Waals surface area contributed by atoms with Crippen LogP contribution in [0.4, 0.5) is 0 Å². The van der Waals surface area contributed by atoms with Crippen molar-refractivity contribution >= 4 is 27.5 Å². The molecule has 1 amide bonds. The maximum absolute atomic E-state index is 12.9. The van der Waals surface area contributed by atoms with Crippen molar-refractivity contribution in [2.24, 2.45) is 0 Å². The Morgan fingerprint density at radius 2 is 1.96 bits per heavy atom.